The molecule has 0 bridgehead atoms. The van der Waals surface area contributed by atoms with Crippen LogP contribution in [0.2, 0.25) is 0 Å². The van der Waals surface area contributed by atoms with Crippen molar-refractivity contribution in [1.82, 2.24) is 0 Å². The van der Waals surface area contributed by atoms with Gasteiger partial charge in [0.15, 0.2) is 69.1 Å². The highest BCUT2D eigenvalue weighted by Gasteiger charge is 2.55. The predicted molar refractivity (Wildman–Crippen MR) is 309 cm³/mol. The van der Waals surface area contributed by atoms with Crippen molar-refractivity contribution in [3.63, 3.8) is 0 Å². The van der Waals surface area contributed by atoms with Crippen LogP contribution in [0.1, 0.15) is 106 Å². The van der Waals surface area contributed by atoms with Crippen LogP contribution in [0.25, 0.3) is 0 Å². The molecule has 0 amide bonds. The number of carbonyl (C=O) groups excluding carboxylic acids is 3. The van der Waals surface area contributed by atoms with Crippen molar-refractivity contribution in [2.75, 3.05) is 0 Å². The monoisotopic (exact) mass is 1230 g/mol. The Kier molecular flexibility index (Phi) is 14.0. The maximum absolute atomic E-state index is 16.0. The molecule has 9 aromatic carbocycles. The summed E-state index contributed by atoms with van der Waals surface area (Å²) in [6.07, 6.45) is -5.68. The lowest BCUT2D eigenvalue weighted by Crippen LogP contribution is -2.39. The Morgan fingerprint density at radius 2 is 0.644 bits per heavy atom. The average molecular weight is 1230 g/mol. The summed E-state index contributed by atoms with van der Waals surface area (Å²) in [5.41, 5.74) is -3.61. The summed E-state index contributed by atoms with van der Waals surface area (Å²) >= 11 is 0. The van der Waals surface area contributed by atoms with Gasteiger partial charge in [-0.05, 0) is 95.9 Å². The third-order valence-electron chi connectivity index (χ3n) is 16.6. The van der Waals surface area contributed by atoms with Crippen LogP contribution in [0.4, 0.5) is 0 Å². The molecule has 0 aromatic heterocycles. The predicted octanol–water partition coefficient (Wildman–Crippen LogP) is 9.09. The summed E-state index contributed by atoms with van der Waals surface area (Å²) in [5, 5.41) is 201. The maximum atomic E-state index is 16.0. The second kappa shape index (κ2) is 21.6. The first-order valence-electron chi connectivity index (χ1n) is 27.3. The van der Waals surface area contributed by atoms with Crippen LogP contribution in [0.15, 0.2) is 133 Å². The molecule has 0 spiro atoms. The van der Waals surface area contributed by atoms with Gasteiger partial charge in [0.25, 0.3) is 0 Å². The van der Waals surface area contributed by atoms with Gasteiger partial charge in [-0.3, -0.25) is 14.4 Å². The van der Waals surface area contributed by atoms with Crippen LogP contribution < -0.4 is 14.2 Å². The van der Waals surface area contributed by atoms with E-state index in [4.69, 9.17) is 14.2 Å². The van der Waals surface area contributed by atoms with Gasteiger partial charge in [-0.2, -0.15) is 0 Å². The number of ketones is 3. The smallest absolute Gasteiger partial charge is 0.200 e. The van der Waals surface area contributed by atoms with E-state index in [1.165, 1.54) is 72.8 Å². The fourth-order valence-corrected chi connectivity index (χ4v) is 12.5. The number of hydrogen-bond acceptors (Lipinski definition) is 24. The largest absolute Gasteiger partial charge is 0.508 e. The number of fused-ring (bicyclic) bond motifs is 3. The minimum Gasteiger partial charge on any atom is -0.508 e. The highest BCUT2D eigenvalue weighted by atomic mass is 16.5. The molecular weight excluding hydrogens is 1180 g/mol. The minimum absolute atomic E-state index is 0.0336. The van der Waals surface area contributed by atoms with Gasteiger partial charge in [0.2, 0.25) is 0 Å². The molecule has 0 saturated heterocycles. The van der Waals surface area contributed by atoms with Crippen LogP contribution in [0.5, 0.6) is 121 Å². The number of rotatable bonds is 11. The molecule has 0 fully saturated rings. The van der Waals surface area contributed by atoms with Crippen LogP contribution >= 0.6 is 0 Å². The van der Waals surface area contributed by atoms with E-state index in [9.17, 15) is 96.7 Å². The summed E-state index contributed by atoms with van der Waals surface area (Å²) in [5.74, 6) is -28.6. The third kappa shape index (κ3) is 9.63. The van der Waals surface area contributed by atoms with Gasteiger partial charge in [-0.1, -0.05) is 36.4 Å². The normalized spacial score (nSPS) is 19.8. The number of ether oxygens (including phenoxy) is 3. The molecule has 9 aromatic rings. The van der Waals surface area contributed by atoms with Crippen LogP contribution in [0.3, 0.4) is 0 Å². The zero-order valence-corrected chi connectivity index (χ0v) is 46.0. The van der Waals surface area contributed by atoms with Gasteiger partial charge in [0, 0.05) is 80.6 Å². The summed E-state index contributed by atoms with van der Waals surface area (Å²) in [6, 6.07) is 23.5. The third-order valence-corrected chi connectivity index (χ3v) is 16.6. The first kappa shape index (κ1) is 58.2. The van der Waals surface area contributed by atoms with E-state index in [-0.39, 0.29) is 56.4 Å². The van der Waals surface area contributed by atoms with Crippen molar-refractivity contribution in [3.8, 4) is 121 Å². The topological polar surface area (TPSA) is 443 Å². The van der Waals surface area contributed by atoms with Crippen molar-refractivity contribution < 1.29 is 121 Å². The molecule has 3 aliphatic rings. The summed E-state index contributed by atoms with van der Waals surface area (Å²) in [4.78, 5) is 46.7. The highest BCUT2D eigenvalue weighted by molar-refractivity contribution is 6.03. The lowest BCUT2D eigenvalue weighted by molar-refractivity contribution is 0.0576. The van der Waals surface area contributed by atoms with Crippen molar-refractivity contribution >= 4 is 17.3 Å². The van der Waals surface area contributed by atoms with E-state index >= 15 is 9.59 Å². The zero-order valence-electron chi connectivity index (χ0n) is 46.0. The van der Waals surface area contributed by atoms with Crippen molar-refractivity contribution in [1.29, 1.82) is 0 Å². The Labute approximate surface area is 505 Å². The van der Waals surface area contributed by atoms with Gasteiger partial charge >= 0.3 is 0 Å². The number of benzene rings is 9. The van der Waals surface area contributed by atoms with Crippen molar-refractivity contribution in [3.05, 3.63) is 195 Å². The first-order valence-corrected chi connectivity index (χ1v) is 27.3. The molecule has 24 heteroatoms. The van der Waals surface area contributed by atoms with E-state index in [0.29, 0.717) is 0 Å². The summed E-state index contributed by atoms with van der Waals surface area (Å²) in [6.45, 7) is 0. The van der Waals surface area contributed by atoms with E-state index in [2.05, 4.69) is 0 Å². The molecule has 3 heterocycles. The van der Waals surface area contributed by atoms with E-state index in [1.54, 1.807) is 0 Å². The van der Waals surface area contributed by atoms with Crippen LogP contribution in [-0.4, -0.2) is 109 Å². The second-order valence-corrected chi connectivity index (χ2v) is 22.0. The molecule has 8 unspecified atom stereocenters. The molecule has 0 saturated carbocycles. The molecular formula is C66H50O24. The molecule has 0 radical (unpaired) electrons. The Hall–Kier alpha value is -12.2. The van der Waals surface area contributed by atoms with Crippen molar-refractivity contribution in [2.24, 2.45) is 17.8 Å². The standard InChI is InChI=1S/C66H50O24/c67-30-7-1-24(2-8-30)62-35(56(82)27-13-41(76)59(85)42(77)14-27)21-34-36(71)22-38(73)49(65(34)89-62)53-51-40(75)23-39(74)50(66(51)90-64(26-5-11-32(69)12-6-26)55(53)58(84)29-17-45(80)61(87)46(81)18-29)52-48-37(72)19-33(70)20-47(48)88-63(25-3-9-31(68)10-4-25)54(52)57(83)28-15-43(78)60(86)44(79)16-28/h1-20,22-23,35,52-55,62-64,67-81,85-87H,21H2. The highest BCUT2D eigenvalue weighted by Crippen LogP contribution is 2.66. The molecule has 8 atom stereocenters. The summed E-state index contributed by atoms with van der Waals surface area (Å²) in [7, 11) is 0. The van der Waals surface area contributed by atoms with Gasteiger partial charge in [-0.15, -0.1) is 0 Å². The second-order valence-electron chi connectivity index (χ2n) is 22.0. The fourth-order valence-electron chi connectivity index (χ4n) is 12.5. The SMILES string of the molecule is O=C(c1cc(O)c(O)c(O)c1)C1Cc2c(O)cc(O)c(C3c4c(O)cc(O)c(C5c6c(O)cc(O)cc6OC(c6ccc(O)cc6)C5C(=O)c5cc(O)c(O)c(O)c5)c4OC(c4ccc(O)cc4)C3C(=O)c3cc(O)c(O)c(O)c3)c2OC1c1ccc(O)cc1. The fraction of sp³-hybridized carbons (Fsp3) is 0.136. The number of aromatic hydroxyl groups is 18. The molecule has 24 nitrogen and oxygen atoms in total. The molecule has 0 aliphatic carbocycles. The van der Waals surface area contributed by atoms with Gasteiger partial charge < -0.3 is 106 Å². The Balaban J connectivity index is 1.19. The number of carbonyl (C=O) groups is 3. The van der Waals surface area contributed by atoms with E-state index in [0.717, 1.165) is 60.7 Å². The minimum atomic E-state index is -2.05. The number of Topliss-reactive ketones (excluding diaryl/α,β-unsaturated/α-hetero) is 3. The quantitative estimate of drug-likeness (QED) is 0.0424. The molecule has 90 heavy (non-hydrogen) atoms. The first-order chi connectivity index (χ1) is 42.8. The zero-order chi connectivity index (χ0) is 64.2. The lowest BCUT2D eigenvalue weighted by Gasteiger charge is -2.45. The summed E-state index contributed by atoms with van der Waals surface area (Å²) < 4.78 is 20.4. The van der Waals surface area contributed by atoms with Gasteiger partial charge in [0.05, 0.1) is 17.8 Å². The van der Waals surface area contributed by atoms with Crippen molar-refractivity contribution in [2.45, 2.75) is 36.6 Å². The molecule has 12 rings (SSSR count). The Morgan fingerprint density at radius 1 is 0.311 bits per heavy atom. The van der Waals surface area contributed by atoms with Gasteiger partial charge in [0.1, 0.15) is 87.3 Å². The van der Waals surface area contributed by atoms with Crippen LogP contribution in [0, 0.1) is 17.8 Å². The van der Waals surface area contributed by atoms with Gasteiger partial charge in [-0.25, -0.2) is 0 Å². The number of hydrogen-bond donors (Lipinski definition) is 18. The Bertz CT molecular complexity index is 4400. The van der Waals surface area contributed by atoms with E-state index < -0.39 is 197 Å². The maximum Gasteiger partial charge on any atom is 0.200 e. The Morgan fingerprint density at radius 3 is 1.07 bits per heavy atom. The van der Waals surface area contributed by atoms with Crippen LogP contribution in [-0.2, 0) is 6.42 Å². The lowest BCUT2D eigenvalue weighted by atomic mass is 9.66. The van der Waals surface area contributed by atoms with E-state index in [1.807, 2.05) is 0 Å². The number of phenols is 18. The average Bonchev–Trinajstić information content (AvgIpc) is 0.708. The molecule has 458 valence electrons. The molecule has 3 aliphatic heterocycles. The number of phenolic OH excluding ortho intramolecular Hbond substituents is 18. The molecule has 18 N–H and O–H groups in total.